The molecule has 1 aliphatic rings. The summed E-state index contributed by atoms with van der Waals surface area (Å²) in [4.78, 5) is 24.3. The lowest BCUT2D eigenvalue weighted by Crippen LogP contribution is -2.37. The molecular formula is C11H20N2O3. The van der Waals surface area contributed by atoms with Gasteiger partial charge in [0.05, 0.1) is 6.10 Å². The minimum atomic E-state index is -0.433. The molecule has 1 heterocycles. The molecule has 0 saturated carbocycles. The second-order valence-electron chi connectivity index (χ2n) is 4.41. The minimum Gasteiger partial charge on any atom is -0.393 e. The Hall–Kier alpha value is -1.10. The van der Waals surface area contributed by atoms with Crippen molar-refractivity contribution in [1.29, 1.82) is 0 Å². The van der Waals surface area contributed by atoms with Gasteiger partial charge in [0.15, 0.2) is 0 Å². The highest BCUT2D eigenvalue weighted by atomic mass is 16.3. The molecule has 5 nitrogen and oxygen atoms in total. The van der Waals surface area contributed by atoms with Gasteiger partial charge >= 0.3 is 0 Å². The van der Waals surface area contributed by atoms with Crippen molar-refractivity contribution in [2.75, 3.05) is 13.1 Å². The number of hydrogen-bond donors (Lipinski definition) is 2. The van der Waals surface area contributed by atoms with Crippen molar-refractivity contribution in [1.82, 2.24) is 10.2 Å². The topological polar surface area (TPSA) is 69.6 Å². The lowest BCUT2D eigenvalue weighted by molar-refractivity contribution is -0.131. The maximum Gasteiger partial charge on any atom is 0.222 e. The predicted octanol–water partition coefficient (Wildman–Crippen LogP) is -0.116. The second kappa shape index (κ2) is 5.84. The van der Waals surface area contributed by atoms with E-state index in [1.54, 1.807) is 11.8 Å². The molecule has 0 radical (unpaired) electrons. The standard InChI is InChI=1S/C11H20N2O3/c1-8(14)3-4-11(16)13-6-5-10(7-13)12-9(2)15/h8,10,14H,3-7H2,1-2H3,(H,12,15). The van der Waals surface area contributed by atoms with E-state index in [0.29, 0.717) is 25.9 Å². The van der Waals surface area contributed by atoms with Crippen LogP contribution in [0, 0.1) is 0 Å². The number of aliphatic hydroxyl groups excluding tert-OH is 1. The van der Waals surface area contributed by atoms with E-state index in [4.69, 9.17) is 5.11 Å². The summed E-state index contributed by atoms with van der Waals surface area (Å²) >= 11 is 0. The van der Waals surface area contributed by atoms with Gasteiger partial charge in [-0.2, -0.15) is 0 Å². The van der Waals surface area contributed by atoms with Crippen LogP contribution in [0.1, 0.15) is 33.1 Å². The molecule has 0 aromatic rings. The molecule has 16 heavy (non-hydrogen) atoms. The number of amides is 2. The van der Waals surface area contributed by atoms with E-state index in [9.17, 15) is 9.59 Å². The molecule has 1 rings (SSSR count). The molecule has 2 unspecified atom stereocenters. The van der Waals surface area contributed by atoms with Crippen LogP contribution in [-0.4, -0.2) is 47.1 Å². The fraction of sp³-hybridized carbons (Fsp3) is 0.818. The summed E-state index contributed by atoms with van der Waals surface area (Å²) in [7, 11) is 0. The van der Waals surface area contributed by atoms with Gasteiger partial charge in [-0.15, -0.1) is 0 Å². The molecule has 1 saturated heterocycles. The van der Waals surface area contributed by atoms with Gasteiger partial charge in [-0.05, 0) is 19.8 Å². The molecule has 1 aliphatic heterocycles. The minimum absolute atomic E-state index is 0.0525. The zero-order valence-corrected chi connectivity index (χ0v) is 9.90. The monoisotopic (exact) mass is 228 g/mol. The van der Waals surface area contributed by atoms with Gasteiger partial charge in [0.25, 0.3) is 0 Å². The Morgan fingerprint density at radius 2 is 2.25 bits per heavy atom. The highest BCUT2D eigenvalue weighted by molar-refractivity contribution is 5.77. The number of aliphatic hydroxyl groups is 1. The first-order valence-electron chi connectivity index (χ1n) is 5.72. The van der Waals surface area contributed by atoms with Gasteiger partial charge in [-0.3, -0.25) is 9.59 Å². The fourth-order valence-electron chi connectivity index (χ4n) is 1.88. The Bertz CT molecular complexity index is 266. The molecule has 92 valence electrons. The Labute approximate surface area is 95.8 Å². The SMILES string of the molecule is CC(=O)NC1CCN(C(=O)CCC(C)O)C1. The molecule has 2 amide bonds. The third-order valence-electron chi connectivity index (χ3n) is 2.72. The first-order valence-corrected chi connectivity index (χ1v) is 5.72. The number of carbonyl (C=O) groups excluding carboxylic acids is 2. The Balaban J connectivity index is 2.29. The van der Waals surface area contributed by atoms with Gasteiger partial charge in [0.1, 0.15) is 0 Å². The van der Waals surface area contributed by atoms with Gasteiger partial charge in [0, 0.05) is 32.5 Å². The Morgan fingerprint density at radius 1 is 1.56 bits per heavy atom. The summed E-state index contributed by atoms with van der Waals surface area (Å²) in [5.41, 5.74) is 0. The number of likely N-dealkylation sites (tertiary alicyclic amines) is 1. The van der Waals surface area contributed by atoms with Crippen molar-refractivity contribution in [3.8, 4) is 0 Å². The number of rotatable bonds is 4. The third-order valence-corrected chi connectivity index (χ3v) is 2.72. The lowest BCUT2D eigenvalue weighted by Gasteiger charge is -2.17. The van der Waals surface area contributed by atoms with Gasteiger partial charge in [-0.1, -0.05) is 0 Å². The van der Waals surface area contributed by atoms with E-state index in [0.717, 1.165) is 6.42 Å². The summed E-state index contributed by atoms with van der Waals surface area (Å²) < 4.78 is 0. The molecule has 0 aliphatic carbocycles. The van der Waals surface area contributed by atoms with Crippen LogP contribution in [0.5, 0.6) is 0 Å². The average Bonchev–Trinajstić information content (AvgIpc) is 2.61. The first-order chi connectivity index (χ1) is 7.49. The zero-order chi connectivity index (χ0) is 12.1. The predicted molar refractivity (Wildman–Crippen MR) is 59.7 cm³/mol. The molecule has 2 atom stereocenters. The maximum atomic E-state index is 11.7. The maximum absolute atomic E-state index is 11.7. The highest BCUT2D eigenvalue weighted by Gasteiger charge is 2.26. The van der Waals surface area contributed by atoms with Gasteiger partial charge in [-0.25, -0.2) is 0 Å². The fourth-order valence-corrected chi connectivity index (χ4v) is 1.88. The highest BCUT2D eigenvalue weighted by Crippen LogP contribution is 2.11. The van der Waals surface area contributed by atoms with E-state index in [2.05, 4.69) is 5.32 Å². The molecule has 0 spiro atoms. The zero-order valence-electron chi connectivity index (χ0n) is 9.90. The molecule has 2 N–H and O–H groups in total. The van der Waals surface area contributed by atoms with Crippen LogP contribution >= 0.6 is 0 Å². The smallest absolute Gasteiger partial charge is 0.222 e. The molecule has 1 fully saturated rings. The number of nitrogens with zero attached hydrogens (tertiary/aromatic N) is 1. The van der Waals surface area contributed by atoms with Crippen LogP contribution in [0.15, 0.2) is 0 Å². The summed E-state index contributed by atoms with van der Waals surface area (Å²) in [5, 5.41) is 11.9. The van der Waals surface area contributed by atoms with Crippen LogP contribution in [0.2, 0.25) is 0 Å². The van der Waals surface area contributed by atoms with Crippen LogP contribution in [0.25, 0.3) is 0 Å². The van der Waals surface area contributed by atoms with E-state index in [1.807, 2.05) is 0 Å². The molecule has 0 aromatic heterocycles. The number of hydrogen-bond acceptors (Lipinski definition) is 3. The van der Waals surface area contributed by atoms with E-state index in [-0.39, 0.29) is 17.9 Å². The van der Waals surface area contributed by atoms with Crippen molar-refractivity contribution in [2.45, 2.75) is 45.3 Å². The Kier molecular flexibility index (Phi) is 4.73. The summed E-state index contributed by atoms with van der Waals surface area (Å²) in [6.45, 7) is 4.46. The van der Waals surface area contributed by atoms with Crippen molar-refractivity contribution in [3.63, 3.8) is 0 Å². The third kappa shape index (κ3) is 4.18. The van der Waals surface area contributed by atoms with Crippen LogP contribution in [-0.2, 0) is 9.59 Å². The van der Waals surface area contributed by atoms with E-state index >= 15 is 0 Å². The average molecular weight is 228 g/mol. The van der Waals surface area contributed by atoms with Crippen molar-refractivity contribution in [3.05, 3.63) is 0 Å². The Morgan fingerprint density at radius 3 is 2.81 bits per heavy atom. The number of carbonyl (C=O) groups is 2. The summed E-state index contributed by atoms with van der Waals surface area (Å²) in [5.74, 6) is 0.0111. The van der Waals surface area contributed by atoms with Crippen LogP contribution in [0.3, 0.4) is 0 Å². The summed E-state index contributed by atoms with van der Waals surface area (Å²) in [6.07, 6.45) is 1.27. The molecule has 5 heteroatoms. The largest absolute Gasteiger partial charge is 0.393 e. The van der Waals surface area contributed by atoms with Crippen molar-refractivity contribution >= 4 is 11.8 Å². The van der Waals surface area contributed by atoms with Gasteiger partial charge < -0.3 is 15.3 Å². The first kappa shape index (κ1) is 13.0. The van der Waals surface area contributed by atoms with E-state index < -0.39 is 6.10 Å². The lowest BCUT2D eigenvalue weighted by atomic mass is 10.2. The molecular weight excluding hydrogens is 208 g/mol. The second-order valence-corrected chi connectivity index (χ2v) is 4.41. The quantitative estimate of drug-likeness (QED) is 0.705. The summed E-state index contributed by atoms with van der Waals surface area (Å²) in [6, 6.07) is 0.0907. The number of nitrogens with one attached hydrogen (secondary N) is 1. The van der Waals surface area contributed by atoms with Crippen molar-refractivity contribution < 1.29 is 14.7 Å². The van der Waals surface area contributed by atoms with Crippen LogP contribution < -0.4 is 5.32 Å². The van der Waals surface area contributed by atoms with Crippen LogP contribution in [0.4, 0.5) is 0 Å². The van der Waals surface area contributed by atoms with Crippen molar-refractivity contribution in [2.24, 2.45) is 0 Å². The molecule has 0 aromatic carbocycles. The van der Waals surface area contributed by atoms with E-state index in [1.165, 1.54) is 6.92 Å². The normalized spacial score (nSPS) is 21.9. The van der Waals surface area contributed by atoms with Gasteiger partial charge in [0.2, 0.25) is 11.8 Å². The molecule has 0 bridgehead atoms.